The highest BCUT2D eigenvalue weighted by atomic mass is 32.2. The van der Waals surface area contributed by atoms with Crippen molar-refractivity contribution in [3.63, 3.8) is 0 Å². The van der Waals surface area contributed by atoms with Crippen LogP contribution < -0.4 is 4.74 Å². The number of aliphatic hydroxyl groups is 1. The largest absolute Gasteiger partial charge is 0.511 e. The molecule has 0 saturated heterocycles. The minimum absolute atomic E-state index is 0.0252. The first-order valence-electron chi connectivity index (χ1n) is 6.96. The number of ether oxygens (including phenoxy) is 1. The molecule has 1 heterocycles. The first-order chi connectivity index (χ1) is 10.2. The standard InChI is InChI=1S/C16H17NO3S/c1-20-14-5-3-2-4-11(14)10-8-12(18)15(13(19)9-10)16-17-6-7-21-16/h2-5,10,18H,6-9H2,1H3. The number of hydrogen-bond acceptors (Lipinski definition) is 5. The summed E-state index contributed by atoms with van der Waals surface area (Å²) in [6.45, 7) is 0.722. The average molecular weight is 303 g/mol. The summed E-state index contributed by atoms with van der Waals surface area (Å²) in [7, 11) is 1.62. The van der Waals surface area contributed by atoms with Gasteiger partial charge in [0.15, 0.2) is 5.78 Å². The van der Waals surface area contributed by atoms with Crippen molar-refractivity contribution in [1.82, 2.24) is 0 Å². The summed E-state index contributed by atoms with van der Waals surface area (Å²) >= 11 is 1.55. The SMILES string of the molecule is COc1ccccc1C1CC(=O)C(C2=NCCS2)=C(O)C1. The molecule has 0 bridgehead atoms. The highest BCUT2D eigenvalue weighted by Gasteiger charge is 2.33. The fourth-order valence-corrected chi connectivity index (χ4v) is 3.78. The van der Waals surface area contributed by atoms with Gasteiger partial charge in [-0.15, -0.1) is 11.8 Å². The van der Waals surface area contributed by atoms with Gasteiger partial charge in [0.25, 0.3) is 0 Å². The lowest BCUT2D eigenvalue weighted by Crippen LogP contribution is -2.22. The fourth-order valence-electron chi connectivity index (χ4n) is 2.85. The number of allylic oxidation sites excluding steroid dienone is 1. The van der Waals surface area contributed by atoms with Crippen molar-refractivity contribution in [2.24, 2.45) is 4.99 Å². The van der Waals surface area contributed by atoms with E-state index in [1.165, 1.54) is 0 Å². The predicted molar refractivity (Wildman–Crippen MR) is 84.4 cm³/mol. The van der Waals surface area contributed by atoms with Crippen molar-refractivity contribution in [1.29, 1.82) is 0 Å². The van der Waals surface area contributed by atoms with E-state index in [-0.39, 0.29) is 17.5 Å². The Morgan fingerprint density at radius 1 is 1.33 bits per heavy atom. The molecule has 1 unspecified atom stereocenters. The number of thioether (sulfide) groups is 1. The Bertz CT molecular complexity index is 636. The van der Waals surface area contributed by atoms with Gasteiger partial charge in [-0.1, -0.05) is 18.2 Å². The number of carbonyl (C=O) groups is 1. The molecule has 0 amide bonds. The number of aliphatic imine (C=N–C) groups is 1. The van der Waals surface area contributed by atoms with Gasteiger partial charge in [0, 0.05) is 31.1 Å². The topological polar surface area (TPSA) is 58.9 Å². The Kier molecular flexibility index (Phi) is 4.01. The molecule has 1 N–H and O–H groups in total. The molecule has 4 nitrogen and oxygen atoms in total. The van der Waals surface area contributed by atoms with Crippen molar-refractivity contribution < 1.29 is 14.6 Å². The summed E-state index contributed by atoms with van der Waals surface area (Å²) in [5, 5.41) is 11.0. The van der Waals surface area contributed by atoms with Gasteiger partial charge in [-0.3, -0.25) is 9.79 Å². The first-order valence-corrected chi connectivity index (χ1v) is 7.95. The quantitative estimate of drug-likeness (QED) is 0.932. The van der Waals surface area contributed by atoms with Crippen LogP contribution in [0, 0.1) is 0 Å². The number of rotatable bonds is 3. The monoisotopic (exact) mass is 303 g/mol. The molecule has 1 aromatic rings. The summed E-state index contributed by atoms with van der Waals surface area (Å²) in [4.78, 5) is 16.7. The van der Waals surface area contributed by atoms with Crippen LogP contribution in [0.5, 0.6) is 5.75 Å². The summed E-state index contributed by atoms with van der Waals surface area (Å²) in [5.41, 5.74) is 1.41. The molecule has 0 aromatic heterocycles. The van der Waals surface area contributed by atoms with Gasteiger partial charge in [-0.25, -0.2) is 0 Å². The number of benzene rings is 1. The highest BCUT2D eigenvalue weighted by molar-refractivity contribution is 8.14. The van der Waals surface area contributed by atoms with Crippen LogP contribution in [0.15, 0.2) is 40.6 Å². The zero-order valence-electron chi connectivity index (χ0n) is 11.8. The van der Waals surface area contributed by atoms with E-state index in [9.17, 15) is 9.90 Å². The van der Waals surface area contributed by atoms with Gasteiger partial charge < -0.3 is 9.84 Å². The van der Waals surface area contributed by atoms with E-state index >= 15 is 0 Å². The van der Waals surface area contributed by atoms with Gasteiger partial charge in [-0.05, 0) is 11.6 Å². The van der Waals surface area contributed by atoms with E-state index in [1.807, 2.05) is 24.3 Å². The van der Waals surface area contributed by atoms with Crippen molar-refractivity contribution in [3.05, 3.63) is 41.2 Å². The number of carbonyl (C=O) groups excluding carboxylic acids is 1. The lowest BCUT2D eigenvalue weighted by Gasteiger charge is -2.24. The predicted octanol–water partition coefficient (Wildman–Crippen LogP) is 3.10. The molecule has 0 fully saturated rings. The van der Waals surface area contributed by atoms with E-state index in [0.29, 0.717) is 23.5 Å². The second-order valence-electron chi connectivity index (χ2n) is 5.13. The van der Waals surface area contributed by atoms with E-state index in [4.69, 9.17) is 4.74 Å². The van der Waals surface area contributed by atoms with Gasteiger partial charge in [0.2, 0.25) is 0 Å². The molecule has 1 atom stereocenters. The molecule has 110 valence electrons. The first kappa shape index (κ1) is 14.2. The maximum atomic E-state index is 12.4. The third-order valence-electron chi connectivity index (χ3n) is 3.82. The van der Waals surface area contributed by atoms with Crippen LogP contribution in [0.2, 0.25) is 0 Å². The second kappa shape index (κ2) is 5.93. The maximum absolute atomic E-state index is 12.4. The summed E-state index contributed by atoms with van der Waals surface area (Å²) in [6, 6.07) is 7.66. The molecule has 21 heavy (non-hydrogen) atoms. The van der Waals surface area contributed by atoms with Crippen LogP contribution in [-0.2, 0) is 4.79 Å². The molecule has 1 aromatic carbocycles. The van der Waals surface area contributed by atoms with Gasteiger partial charge in [-0.2, -0.15) is 0 Å². The summed E-state index contributed by atoms with van der Waals surface area (Å²) in [6.07, 6.45) is 0.848. The summed E-state index contributed by atoms with van der Waals surface area (Å²) in [5.74, 6) is 1.75. The van der Waals surface area contributed by atoms with E-state index in [1.54, 1.807) is 18.9 Å². The average Bonchev–Trinajstić information content (AvgIpc) is 3.00. The van der Waals surface area contributed by atoms with Crippen LogP contribution >= 0.6 is 11.8 Å². The van der Waals surface area contributed by atoms with Crippen LogP contribution in [0.3, 0.4) is 0 Å². The number of hydrogen-bond donors (Lipinski definition) is 1. The van der Waals surface area contributed by atoms with Gasteiger partial charge in [0.05, 0.1) is 12.7 Å². The van der Waals surface area contributed by atoms with Crippen molar-refractivity contribution in [2.75, 3.05) is 19.4 Å². The van der Waals surface area contributed by atoms with Gasteiger partial charge in [0.1, 0.15) is 16.6 Å². The Labute approximate surface area is 127 Å². The normalized spacial score (nSPS) is 22.4. The van der Waals surface area contributed by atoms with E-state index < -0.39 is 0 Å². The molecule has 1 aliphatic heterocycles. The Balaban J connectivity index is 1.91. The van der Waals surface area contributed by atoms with E-state index in [2.05, 4.69) is 4.99 Å². The van der Waals surface area contributed by atoms with Crippen LogP contribution in [0.4, 0.5) is 0 Å². The number of Topliss-reactive ketones (excluding diaryl/α,β-unsaturated/α-hetero) is 1. The molecule has 0 saturated carbocycles. The number of nitrogens with zero attached hydrogens (tertiary/aromatic N) is 1. The van der Waals surface area contributed by atoms with Crippen LogP contribution in [0.25, 0.3) is 0 Å². The number of aliphatic hydroxyl groups excluding tert-OH is 1. The van der Waals surface area contributed by atoms with Gasteiger partial charge >= 0.3 is 0 Å². The number of methoxy groups -OCH3 is 1. The van der Waals surface area contributed by atoms with Crippen LogP contribution in [-0.4, -0.2) is 35.3 Å². The van der Waals surface area contributed by atoms with Crippen molar-refractivity contribution in [3.8, 4) is 5.75 Å². The minimum Gasteiger partial charge on any atom is -0.511 e. The molecular weight excluding hydrogens is 286 g/mol. The Hall–Kier alpha value is -1.75. The molecule has 0 radical (unpaired) electrons. The zero-order valence-corrected chi connectivity index (χ0v) is 12.7. The molecule has 5 heteroatoms. The zero-order chi connectivity index (χ0) is 14.8. The number of ketones is 1. The molecule has 0 spiro atoms. The smallest absolute Gasteiger partial charge is 0.169 e. The van der Waals surface area contributed by atoms with Crippen LogP contribution in [0.1, 0.15) is 24.3 Å². The third kappa shape index (κ3) is 2.70. The molecule has 1 aliphatic carbocycles. The van der Waals surface area contributed by atoms with Crippen molar-refractivity contribution in [2.45, 2.75) is 18.8 Å². The molecular formula is C16H17NO3S. The third-order valence-corrected chi connectivity index (χ3v) is 4.81. The van der Waals surface area contributed by atoms with Crippen molar-refractivity contribution >= 4 is 22.6 Å². The molecule has 3 rings (SSSR count). The molecule has 2 aliphatic rings. The highest BCUT2D eigenvalue weighted by Crippen LogP contribution is 2.39. The minimum atomic E-state index is -0.0376. The maximum Gasteiger partial charge on any atom is 0.169 e. The number of para-hydroxylation sites is 1. The Morgan fingerprint density at radius 2 is 2.14 bits per heavy atom. The second-order valence-corrected chi connectivity index (χ2v) is 6.21. The lowest BCUT2D eigenvalue weighted by atomic mass is 9.82. The fraction of sp³-hybridized carbons (Fsp3) is 0.375. The Morgan fingerprint density at radius 3 is 2.81 bits per heavy atom. The van der Waals surface area contributed by atoms with E-state index in [0.717, 1.165) is 23.6 Å². The lowest BCUT2D eigenvalue weighted by molar-refractivity contribution is -0.116. The summed E-state index contributed by atoms with van der Waals surface area (Å²) < 4.78 is 5.36.